The van der Waals surface area contributed by atoms with Crippen molar-refractivity contribution in [1.82, 2.24) is 0 Å². The van der Waals surface area contributed by atoms with Crippen molar-refractivity contribution < 1.29 is 24.5 Å². The molecule has 2 N–H and O–H groups in total. The summed E-state index contributed by atoms with van der Waals surface area (Å²) in [5.74, 6) is -0.967. The first-order valence-corrected chi connectivity index (χ1v) is 11.2. The molecule has 0 heterocycles. The molecule has 0 aliphatic heterocycles. The van der Waals surface area contributed by atoms with Gasteiger partial charge in [-0.2, -0.15) is 0 Å². The summed E-state index contributed by atoms with van der Waals surface area (Å²) in [6.45, 7) is 15.2. The smallest absolute Gasteiger partial charge is 0.385 e. The minimum atomic E-state index is -0.838. The molecule has 0 bridgehead atoms. The number of carbonyl (C=O) groups excluding carboxylic acids is 2. The first-order chi connectivity index (χ1) is 14.9. The molecule has 0 spiro atoms. The van der Waals surface area contributed by atoms with Crippen molar-refractivity contribution in [1.29, 1.82) is 0 Å². The second-order valence-electron chi connectivity index (χ2n) is 8.58. The Bertz CT molecular complexity index is 891. The molecule has 0 aromatic heterocycles. The summed E-state index contributed by atoms with van der Waals surface area (Å²) in [7, 11) is 0. The van der Waals surface area contributed by atoms with Crippen LogP contribution in [-0.4, -0.2) is 34.2 Å². The summed E-state index contributed by atoms with van der Waals surface area (Å²) in [5, 5.41) is 18.0. The van der Waals surface area contributed by atoms with Gasteiger partial charge in [-0.3, -0.25) is 4.79 Å². The Balaban J connectivity index is 0.000000482. The third-order valence-corrected chi connectivity index (χ3v) is 5.38. The van der Waals surface area contributed by atoms with Crippen LogP contribution in [0.1, 0.15) is 76.8 Å². The molecule has 176 valence electrons. The fraction of sp³-hybridized carbons (Fsp3) is 0.481. The van der Waals surface area contributed by atoms with Gasteiger partial charge in [-0.05, 0) is 83.1 Å². The topological polar surface area (TPSA) is 83.8 Å². The molecule has 0 radical (unpaired) electrons. The lowest BCUT2D eigenvalue weighted by atomic mass is 9.96. The van der Waals surface area contributed by atoms with Crippen LogP contribution in [0.5, 0.6) is 5.75 Å². The zero-order valence-corrected chi connectivity index (χ0v) is 20.7. The highest BCUT2D eigenvalue weighted by molar-refractivity contribution is 6.41. The number of aliphatic hydroxyl groups is 2. The molecule has 2 unspecified atom stereocenters. The third-order valence-electron chi connectivity index (χ3n) is 5.38. The fourth-order valence-corrected chi connectivity index (χ4v) is 3.75. The van der Waals surface area contributed by atoms with Gasteiger partial charge in [0.2, 0.25) is 0 Å². The number of Topliss-reactive ketones (excluding diaryl/α,β-unsaturated/α-hetero) is 1. The third kappa shape index (κ3) is 7.88. The molecule has 0 saturated carbocycles. The Morgan fingerprint density at radius 1 is 0.750 bits per heavy atom. The molecule has 2 aromatic carbocycles. The number of aliphatic hydroxyl groups excluding tert-OH is 2. The number of ether oxygens (including phenoxy) is 1. The number of carbonyl (C=O) groups is 2. The first-order valence-electron chi connectivity index (χ1n) is 11.2. The summed E-state index contributed by atoms with van der Waals surface area (Å²) in [6, 6.07) is 7.66. The minimum absolute atomic E-state index is 0.319. The summed E-state index contributed by atoms with van der Waals surface area (Å²) in [5.41, 5.74) is 5.88. The summed E-state index contributed by atoms with van der Waals surface area (Å²) >= 11 is 0. The average Bonchev–Trinajstić information content (AvgIpc) is 2.69. The lowest BCUT2D eigenvalue weighted by Gasteiger charge is -2.13. The van der Waals surface area contributed by atoms with E-state index in [-0.39, 0.29) is 12.2 Å². The molecule has 0 amide bonds. The Hall–Kier alpha value is -2.50. The summed E-state index contributed by atoms with van der Waals surface area (Å²) in [6.07, 6.45) is 1.35. The van der Waals surface area contributed by atoms with Gasteiger partial charge in [0.05, 0.1) is 12.2 Å². The Morgan fingerprint density at radius 2 is 1.12 bits per heavy atom. The molecular formula is C27H38O5. The van der Waals surface area contributed by atoms with Crippen LogP contribution in [0.15, 0.2) is 24.3 Å². The van der Waals surface area contributed by atoms with Gasteiger partial charge in [-0.25, -0.2) is 4.79 Å². The standard InChI is InChI=1S/C20H22O3.C7H16O2/c1-11-7-13(3)17(14(4)8-11)18(21)20(22)23-19-15(5)9-12(2)10-16(19)6;1-3-6(8)5-7(9)4-2/h7-10H,1-6H3;6-9H,3-5H2,1-2H3. The van der Waals surface area contributed by atoms with Crippen molar-refractivity contribution in [2.75, 3.05) is 0 Å². The predicted molar refractivity (Wildman–Crippen MR) is 128 cm³/mol. The highest BCUT2D eigenvalue weighted by Crippen LogP contribution is 2.25. The number of rotatable bonds is 7. The van der Waals surface area contributed by atoms with E-state index >= 15 is 0 Å². The van der Waals surface area contributed by atoms with Gasteiger partial charge in [-0.1, -0.05) is 49.2 Å². The summed E-state index contributed by atoms with van der Waals surface area (Å²) in [4.78, 5) is 24.8. The van der Waals surface area contributed by atoms with E-state index in [1.165, 1.54) is 0 Å². The van der Waals surface area contributed by atoms with Crippen LogP contribution in [0.4, 0.5) is 0 Å². The SMILES string of the molecule is CCC(O)CC(O)CC.Cc1cc(C)c(OC(=O)C(=O)c2c(C)cc(C)cc2C)c(C)c1. The number of hydrogen-bond donors (Lipinski definition) is 2. The van der Waals surface area contributed by atoms with Crippen molar-refractivity contribution in [3.05, 3.63) is 63.2 Å². The lowest BCUT2D eigenvalue weighted by molar-refractivity contribution is -0.129. The van der Waals surface area contributed by atoms with Gasteiger partial charge in [-0.15, -0.1) is 0 Å². The normalized spacial score (nSPS) is 12.4. The van der Waals surface area contributed by atoms with Crippen LogP contribution in [-0.2, 0) is 4.79 Å². The van der Waals surface area contributed by atoms with Crippen molar-refractivity contribution in [3.63, 3.8) is 0 Å². The Morgan fingerprint density at radius 3 is 1.50 bits per heavy atom. The zero-order chi connectivity index (χ0) is 24.6. The number of aryl methyl sites for hydroxylation is 6. The molecule has 32 heavy (non-hydrogen) atoms. The highest BCUT2D eigenvalue weighted by Gasteiger charge is 2.24. The Kier molecular flexibility index (Phi) is 10.8. The molecule has 2 atom stereocenters. The lowest BCUT2D eigenvalue weighted by Crippen LogP contribution is -2.23. The second kappa shape index (κ2) is 12.5. The monoisotopic (exact) mass is 442 g/mol. The fourth-order valence-electron chi connectivity index (χ4n) is 3.75. The van der Waals surface area contributed by atoms with Crippen LogP contribution in [0.2, 0.25) is 0 Å². The van der Waals surface area contributed by atoms with Crippen LogP contribution in [0.3, 0.4) is 0 Å². The number of ketones is 1. The molecule has 0 saturated heterocycles. The van der Waals surface area contributed by atoms with E-state index in [4.69, 9.17) is 14.9 Å². The van der Waals surface area contributed by atoms with Gasteiger partial charge in [0.25, 0.3) is 5.78 Å². The van der Waals surface area contributed by atoms with E-state index in [0.717, 1.165) is 46.2 Å². The van der Waals surface area contributed by atoms with E-state index in [0.29, 0.717) is 17.7 Å². The first kappa shape index (κ1) is 27.5. The molecule has 5 nitrogen and oxygen atoms in total. The molecule has 0 aliphatic carbocycles. The van der Waals surface area contributed by atoms with Crippen LogP contribution in [0, 0.1) is 41.5 Å². The van der Waals surface area contributed by atoms with Crippen LogP contribution < -0.4 is 4.74 Å². The maximum absolute atomic E-state index is 12.5. The quantitative estimate of drug-likeness (QED) is 0.265. The number of esters is 1. The molecule has 2 aromatic rings. The summed E-state index contributed by atoms with van der Waals surface area (Å²) < 4.78 is 5.40. The zero-order valence-electron chi connectivity index (χ0n) is 20.7. The predicted octanol–water partition coefficient (Wildman–Crippen LogP) is 5.24. The van der Waals surface area contributed by atoms with Crippen molar-refractivity contribution >= 4 is 11.8 Å². The van der Waals surface area contributed by atoms with E-state index in [1.54, 1.807) is 0 Å². The van der Waals surface area contributed by atoms with Gasteiger partial charge < -0.3 is 14.9 Å². The second-order valence-corrected chi connectivity index (χ2v) is 8.58. The Labute approximate surface area is 192 Å². The van der Waals surface area contributed by atoms with E-state index < -0.39 is 11.8 Å². The van der Waals surface area contributed by atoms with Gasteiger partial charge in [0, 0.05) is 5.56 Å². The average molecular weight is 443 g/mol. The van der Waals surface area contributed by atoms with Crippen molar-refractivity contribution in [2.24, 2.45) is 0 Å². The van der Waals surface area contributed by atoms with Gasteiger partial charge in [0.15, 0.2) is 0 Å². The van der Waals surface area contributed by atoms with Gasteiger partial charge in [0.1, 0.15) is 5.75 Å². The molecular weight excluding hydrogens is 404 g/mol. The van der Waals surface area contributed by atoms with Gasteiger partial charge >= 0.3 is 5.97 Å². The largest absolute Gasteiger partial charge is 0.420 e. The van der Waals surface area contributed by atoms with E-state index in [1.807, 2.05) is 79.7 Å². The van der Waals surface area contributed by atoms with E-state index in [2.05, 4.69) is 0 Å². The number of hydrogen-bond acceptors (Lipinski definition) is 5. The maximum atomic E-state index is 12.5. The van der Waals surface area contributed by atoms with Crippen LogP contribution in [0.25, 0.3) is 0 Å². The molecule has 0 aliphatic rings. The van der Waals surface area contributed by atoms with Crippen molar-refractivity contribution in [2.45, 2.75) is 86.9 Å². The molecule has 0 fully saturated rings. The molecule has 5 heteroatoms. The number of benzene rings is 2. The molecule has 2 rings (SSSR count). The highest BCUT2D eigenvalue weighted by atomic mass is 16.5. The van der Waals surface area contributed by atoms with Crippen LogP contribution >= 0.6 is 0 Å². The minimum Gasteiger partial charge on any atom is -0.420 e. The van der Waals surface area contributed by atoms with E-state index in [9.17, 15) is 9.59 Å². The van der Waals surface area contributed by atoms with Crippen molar-refractivity contribution in [3.8, 4) is 5.75 Å². The maximum Gasteiger partial charge on any atom is 0.385 e.